The summed E-state index contributed by atoms with van der Waals surface area (Å²) in [6.07, 6.45) is 0. The molecule has 0 saturated carbocycles. The predicted octanol–water partition coefficient (Wildman–Crippen LogP) is 2.66. The molecule has 2 aromatic carbocycles. The SMILES string of the molecule is CC(C)(C)c1ccc(C(=O)NCC(=O)N[C@H](C(=O)O)c2ccccc2)cc1. The fourth-order valence-corrected chi connectivity index (χ4v) is 2.53. The summed E-state index contributed by atoms with van der Waals surface area (Å²) in [5, 5.41) is 14.2. The van der Waals surface area contributed by atoms with Crippen molar-refractivity contribution in [2.45, 2.75) is 32.2 Å². The van der Waals surface area contributed by atoms with Gasteiger partial charge in [-0.05, 0) is 28.7 Å². The fraction of sp³-hybridized carbons (Fsp3) is 0.286. The molecule has 0 aromatic heterocycles. The van der Waals surface area contributed by atoms with Gasteiger partial charge in [0.2, 0.25) is 5.91 Å². The van der Waals surface area contributed by atoms with Crippen LogP contribution < -0.4 is 10.6 Å². The highest BCUT2D eigenvalue weighted by atomic mass is 16.4. The van der Waals surface area contributed by atoms with Gasteiger partial charge in [-0.25, -0.2) is 4.79 Å². The third-order valence-corrected chi connectivity index (χ3v) is 4.11. The van der Waals surface area contributed by atoms with E-state index in [1.165, 1.54) is 0 Å². The van der Waals surface area contributed by atoms with Crippen LogP contribution in [0.5, 0.6) is 0 Å². The molecule has 0 unspecified atom stereocenters. The summed E-state index contributed by atoms with van der Waals surface area (Å²) in [5.74, 6) is -2.14. The topological polar surface area (TPSA) is 95.5 Å². The highest BCUT2D eigenvalue weighted by molar-refractivity contribution is 5.97. The molecule has 3 N–H and O–H groups in total. The van der Waals surface area contributed by atoms with Crippen molar-refractivity contribution in [3.63, 3.8) is 0 Å². The molecule has 2 aromatic rings. The number of nitrogens with one attached hydrogen (secondary N) is 2. The standard InChI is InChI=1S/C21H24N2O4/c1-21(2,3)16-11-9-15(10-12-16)19(25)22-13-17(24)23-18(20(26)27)14-7-5-4-6-8-14/h4-12,18H,13H2,1-3H3,(H,22,25)(H,23,24)(H,26,27)/t18-/m0/s1. The van der Waals surface area contributed by atoms with Gasteiger partial charge in [-0.1, -0.05) is 63.2 Å². The van der Waals surface area contributed by atoms with Crippen LogP contribution in [0.4, 0.5) is 0 Å². The number of carboxylic acids is 1. The summed E-state index contributed by atoms with van der Waals surface area (Å²) in [4.78, 5) is 35.7. The number of carbonyl (C=O) groups is 3. The third kappa shape index (κ3) is 5.67. The maximum absolute atomic E-state index is 12.2. The van der Waals surface area contributed by atoms with E-state index in [1.54, 1.807) is 42.5 Å². The van der Waals surface area contributed by atoms with Crippen molar-refractivity contribution in [3.05, 3.63) is 71.3 Å². The Kier molecular flexibility index (Phi) is 6.34. The minimum Gasteiger partial charge on any atom is -0.479 e. The molecule has 2 amide bonds. The molecule has 27 heavy (non-hydrogen) atoms. The molecule has 0 bridgehead atoms. The van der Waals surface area contributed by atoms with Crippen LogP contribution in [-0.4, -0.2) is 29.4 Å². The fourth-order valence-electron chi connectivity index (χ4n) is 2.53. The smallest absolute Gasteiger partial charge is 0.330 e. The van der Waals surface area contributed by atoms with Crippen molar-refractivity contribution in [2.24, 2.45) is 0 Å². The molecule has 1 atom stereocenters. The Bertz CT molecular complexity index is 808. The number of rotatable bonds is 6. The molecule has 6 heteroatoms. The van der Waals surface area contributed by atoms with Crippen molar-refractivity contribution in [1.29, 1.82) is 0 Å². The lowest BCUT2D eigenvalue weighted by atomic mass is 9.87. The van der Waals surface area contributed by atoms with Crippen LogP contribution in [0.25, 0.3) is 0 Å². The Morgan fingerprint density at radius 3 is 2.07 bits per heavy atom. The molecule has 0 aliphatic carbocycles. The van der Waals surface area contributed by atoms with Gasteiger partial charge in [0.1, 0.15) is 0 Å². The molecule has 6 nitrogen and oxygen atoms in total. The van der Waals surface area contributed by atoms with Crippen molar-refractivity contribution < 1.29 is 19.5 Å². The minimum atomic E-state index is -1.17. The maximum atomic E-state index is 12.2. The first-order valence-electron chi connectivity index (χ1n) is 8.64. The van der Waals surface area contributed by atoms with E-state index >= 15 is 0 Å². The third-order valence-electron chi connectivity index (χ3n) is 4.11. The van der Waals surface area contributed by atoms with Gasteiger partial charge in [0, 0.05) is 5.56 Å². The Morgan fingerprint density at radius 2 is 1.56 bits per heavy atom. The monoisotopic (exact) mass is 368 g/mol. The summed E-state index contributed by atoms with van der Waals surface area (Å²) in [7, 11) is 0. The van der Waals surface area contributed by atoms with E-state index in [-0.39, 0.29) is 12.0 Å². The number of hydrogen-bond acceptors (Lipinski definition) is 3. The molecule has 142 valence electrons. The average molecular weight is 368 g/mol. The van der Waals surface area contributed by atoms with Crippen molar-refractivity contribution in [2.75, 3.05) is 6.54 Å². The Labute approximate surface area is 158 Å². The second kappa shape index (κ2) is 8.49. The first-order chi connectivity index (χ1) is 12.7. The van der Waals surface area contributed by atoms with Crippen LogP contribution in [0.15, 0.2) is 54.6 Å². The van der Waals surface area contributed by atoms with Gasteiger partial charge in [0.05, 0.1) is 6.54 Å². The molecule has 0 aliphatic heterocycles. The number of aliphatic carboxylic acids is 1. The lowest BCUT2D eigenvalue weighted by Crippen LogP contribution is -2.41. The van der Waals surface area contributed by atoms with Crippen molar-refractivity contribution in [1.82, 2.24) is 10.6 Å². The molecule has 0 saturated heterocycles. The second-order valence-electron chi connectivity index (χ2n) is 7.26. The van der Waals surface area contributed by atoms with Crippen LogP contribution in [-0.2, 0) is 15.0 Å². The molecule has 0 heterocycles. The van der Waals surface area contributed by atoms with Crippen LogP contribution in [0.3, 0.4) is 0 Å². The number of amides is 2. The normalized spacial score (nSPS) is 12.1. The van der Waals surface area contributed by atoms with Crippen molar-refractivity contribution in [3.8, 4) is 0 Å². The zero-order valence-electron chi connectivity index (χ0n) is 15.7. The van der Waals surface area contributed by atoms with E-state index in [9.17, 15) is 19.5 Å². The number of benzene rings is 2. The highest BCUT2D eigenvalue weighted by Crippen LogP contribution is 2.22. The van der Waals surface area contributed by atoms with Gasteiger partial charge in [0.25, 0.3) is 5.91 Å². The maximum Gasteiger partial charge on any atom is 0.330 e. The number of carbonyl (C=O) groups excluding carboxylic acids is 2. The van der Waals surface area contributed by atoms with Crippen LogP contribution in [0.2, 0.25) is 0 Å². The van der Waals surface area contributed by atoms with Gasteiger partial charge in [-0.15, -0.1) is 0 Å². The van der Waals surface area contributed by atoms with Crippen LogP contribution in [0.1, 0.15) is 48.3 Å². The van der Waals surface area contributed by atoms with E-state index in [0.717, 1.165) is 5.56 Å². The zero-order valence-corrected chi connectivity index (χ0v) is 15.7. The predicted molar refractivity (Wildman–Crippen MR) is 102 cm³/mol. The largest absolute Gasteiger partial charge is 0.479 e. The molecule has 0 aliphatic rings. The van der Waals surface area contributed by atoms with Crippen molar-refractivity contribution >= 4 is 17.8 Å². The lowest BCUT2D eigenvalue weighted by Gasteiger charge is -2.19. The summed E-state index contributed by atoms with van der Waals surface area (Å²) in [6.45, 7) is 5.94. The Morgan fingerprint density at radius 1 is 0.963 bits per heavy atom. The quantitative estimate of drug-likeness (QED) is 0.730. The van der Waals surface area contributed by atoms with Crippen LogP contribution >= 0.6 is 0 Å². The first-order valence-corrected chi connectivity index (χ1v) is 8.64. The van der Waals surface area contributed by atoms with Gasteiger partial charge in [-0.3, -0.25) is 9.59 Å². The molecular formula is C21H24N2O4. The molecule has 0 radical (unpaired) electrons. The van der Waals surface area contributed by atoms with E-state index in [0.29, 0.717) is 11.1 Å². The van der Waals surface area contributed by atoms with E-state index in [4.69, 9.17) is 0 Å². The summed E-state index contributed by atoms with van der Waals surface area (Å²) in [5.41, 5.74) is 1.98. The first kappa shape index (κ1) is 20.2. The van der Waals surface area contributed by atoms with E-state index in [2.05, 4.69) is 31.4 Å². The molecule has 0 fully saturated rings. The summed E-state index contributed by atoms with van der Waals surface area (Å²) < 4.78 is 0. The van der Waals surface area contributed by atoms with E-state index in [1.807, 2.05) is 12.1 Å². The van der Waals surface area contributed by atoms with Gasteiger partial charge < -0.3 is 15.7 Å². The average Bonchev–Trinajstić information content (AvgIpc) is 2.64. The molecule has 0 spiro atoms. The van der Waals surface area contributed by atoms with Crippen LogP contribution in [0, 0.1) is 0 Å². The highest BCUT2D eigenvalue weighted by Gasteiger charge is 2.22. The van der Waals surface area contributed by atoms with Gasteiger partial charge >= 0.3 is 5.97 Å². The number of carboxylic acid groups (broad SMARTS) is 1. The summed E-state index contributed by atoms with van der Waals surface area (Å²) >= 11 is 0. The summed E-state index contributed by atoms with van der Waals surface area (Å²) in [6, 6.07) is 14.4. The lowest BCUT2D eigenvalue weighted by molar-refractivity contribution is -0.141. The Hall–Kier alpha value is -3.15. The second-order valence-corrected chi connectivity index (χ2v) is 7.26. The molecular weight excluding hydrogens is 344 g/mol. The zero-order chi connectivity index (χ0) is 20.0. The van der Waals surface area contributed by atoms with E-state index < -0.39 is 23.8 Å². The minimum absolute atomic E-state index is 0.0157. The van der Waals surface area contributed by atoms with Gasteiger partial charge in [0.15, 0.2) is 6.04 Å². The molecule has 2 rings (SSSR count). The number of hydrogen-bond donors (Lipinski definition) is 3. The Balaban J connectivity index is 1.94. The van der Waals surface area contributed by atoms with Gasteiger partial charge in [-0.2, -0.15) is 0 Å².